The van der Waals surface area contributed by atoms with Crippen LogP contribution in [0.15, 0.2) is 53.4 Å². The quantitative estimate of drug-likeness (QED) is 0.809. The minimum Gasteiger partial charge on any atom is -0.497 e. The van der Waals surface area contributed by atoms with Crippen molar-refractivity contribution in [3.8, 4) is 5.75 Å². The average Bonchev–Trinajstić information content (AvgIpc) is 2.68. The molecule has 0 atom stereocenters. The van der Waals surface area contributed by atoms with Gasteiger partial charge in [0.25, 0.3) is 0 Å². The fourth-order valence-corrected chi connectivity index (χ4v) is 4.17. The number of benzene rings is 2. The summed E-state index contributed by atoms with van der Waals surface area (Å²) in [6, 6.07) is 14.5. The van der Waals surface area contributed by atoms with Crippen LogP contribution in [0.3, 0.4) is 0 Å². The van der Waals surface area contributed by atoms with Gasteiger partial charge in [-0.1, -0.05) is 30.7 Å². The van der Waals surface area contributed by atoms with Crippen molar-refractivity contribution >= 4 is 10.0 Å². The van der Waals surface area contributed by atoms with Gasteiger partial charge < -0.3 is 4.74 Å². The van der Waals surface area contributed by atoms with E-state index in [1.165, 1.54) is 37.9 Å². The van der Waals surface area contributed by atoms with E-state index in [0.29, 0.717) is 5.75 Å². The minimum atomic E-state index is -3.53. The van der Waals surface area contributed by atoms with Crippen LogP contribution in [0.25, 0.3) is 0 Å². The summed E-state index contributed by atoms with van der Waals surface area (Å²) in [6.07, 6.45) is 3.90. The second kappa shape index (κ2) is 8.66. The lowest BCUT2D eigenvalue weighted by atomic mass is 10.1. The van der Waals surface area contributed by atoms with Gasteiger partial charge in [-0.25, -0.2) is 13.1 Å². The van der Waals surface area contributed by atoms with Gasteiger partial charge >= 0.3 is 0 Å². The molecule has 0 amide bonds. The lowest BCUT2D eigenvalue weighted by molar-refractivity contribution is 0.221. The standard InChI is InChI=1S/C20H26N2O3S/c1-25-19-9-11-20(12-10-19)26(23,24)21-15-17-5-7-18(8-6-17)16-22-13-3-2-4-14-22/h5-12,21H,2-4,13-16H2,1H3. The van der Waals surface area contributed by atoms with E-state index in [1.807, 2.05) is 12.1 Å². The Morgan fingerprint density at radius 1 is 0.923 bits per heavy atom. The normalized spacial score (nSPS) is 15.7. The van der Waals surface area contributed by atoms with Crippen molar-refractivity contribution in [2.75, 3.05) is 20.2 Å². The van der Waals surface area contributed by atoms with Crippen LogP contribution in [0.2, 0.25) is 0 Å². The molecule has 5 nitrogen and oxygen atoms in total. The van der Waals surface area contributed by atoms with E-state index in [0.717, 1.165) is 12.1 Å². The Morgan fingerprint density at radius 3 is 2.15 bits per heavy atom. The first-order valence-electron chi connectivity index (χ1n) is 9.01. The smallest absolute Gasteiger partial charge is 0.240 e. The molecule has 0 radical (unpaired) electrons. The number of piperidine rings is 1. The molecule has 2 aromatic carbocycles. The zero-order chi connectivity index (χ0) is 18.4. The molecule has 6 heteroatoms. The number of nitrogens with zero attached hydrogens (tertiary/aromatic N) is 1. The molecule has 1 saturated heterocycles. The van der Waals surface area contributed by atoms with E-state index in [2.05, 4.69) is 21.8 Å². The van der Waals surface area contributed by atoms with Gasteiger partial charge in [-0.3, -0.25) is 4.90 Å². The highest BCUT2D eigenvalue weighted by atomic mass is 32.2. The lowest BCUT2D eigenvalue weighted by Crippen LogP contribution is -2.29. The average molecular weight is 375 g/mol. The summed E-state index contributed by atoms with van der Waals surface area (Å²) in [6.45, 7) is 3.59. The highest BCUT2D eigenvalue weighted by Gasteiger charge is 2.14. The molecule has 0 unspecified atom stereocenters. The second-order valence-corrected chi connectivity index (χ2v) is 8.42. The highest BCUT2D eigenvalue weighted by Crippen LogP contribution is 2.16. The first kappa shape index (κ1) is 18.9. The molecule has 0 saturated carbocycles. The number of methoxy groups -OCH3 is 1. The molecule has 26 heavy (non-hydrogen) atoms. The molecule has 140 valence electrons. The SMILES string of the molecule is COc1ccc(S(=O)(=O)NCc2ccc(CN3CCCCC3)cc2)cc1. The van der Waals surface area contributed by atoms with E-state index < -0.39 is 10.0 Å². The molecular weight excluding hydrogens is 348 g/mol. The van der Waals surface area contributed by atoms with E-state index in [-0.39, 0.29) is 11.4 Å². The van der Waals surface area contributed by atoms with Crippen molar-refractivity contribution in [2.24, 2.45) is 0 Å². The molecular formula is C20H26N2O3S. The molecule has 2 aromatic rings. The zero-order valence-electron chi connectivity index (χ0n) is 15.1. The molecule has 1 aliphatic heterocycles. The Hall–Kier alpha value is -1.89. The number of hydrogen-bond acceptors (Lipinski definition) is 4. The first-order valence-corrected chi connectivity index (χ1v) is 10.5. The summed E-state index contributed by atoms with van der Waals surface area (Å²) in [4.78, 5) is 2.71. The molecule has 1 N–H and O–H groups in total. The van der Waals surface area contributed by atoms with Crippen LogP contribution in [0.5, 0.6) is 5.75 Å². The first-order chi connectivity index (χ1) is 12.6. The maximum Gasteiger partial charge on any atom is 0.240 e. The van der Waals surface area contributed by atoms with Crippen molar-refractivity contribution in [1.29, 1.82) is 0 Å². The van der Waals surface area contributed by atoms with Crippen molar-refractivity contribution in [3.05, 3.63) is 59.7 Å². The largest absolute Gasteiger partial charge is 0.497 e. The third-order valence-electron chi connectivity index (χ3n) is 4.71. The zero-order valence-corrected chi connectivity index (χ0v) is 16.0. The van der Waals surface area contributed by atoms with Crippen molar-refractivity contribution in [3.63, 3.8) is 0 Å². The van der Waals surface area contributed by atoms with Crippen molar-refractivity contribution < 1.29 is 13.2 Å². The monoisotopic (exact) mass is 374 g/mol. The number of ether oxygens (including phenoxy) is 1. The van der Waals surface area contributed by atoms with Crippen LogP contribution < -0.4 is 9.46 Å². The van der Waals surface area contributed by atoms with Gasteiger partial charge in [0, 0.05) is 13.1 Å². The molecule has 0 bridgehead atoms. The van der Waals surface area contributed by atoms with E-state index in [9.17, 15) is 8.42 Å². The third-order valence-corrected chi connectivity index (χ3v) is 6.13. The predicted molar refractivity (Wildman–Crippen MR) is 103 cm³/mol. The van der Waals surface area contributed by atoms with E-state index in [1.54, 1.807) is 31.4 Å². The molecule has 0 aliphatic carbocycles. The van der Waals surface area contributed by atoms with Gasteiger partial charge in [-0.15, -0.1) is 0 Å². The maximum atomic E-state index is 12.4. The van der Waals surface area contributed by atoms with E-state index in [4.69, 9.17) is 4.74 Å². The van der Waals surface area contributed by atoms with Gasteiger partial charge in [0.1, 0.15) is 5.75 Å². The number of sulfonamides is 1. The van der Waals surface area contributed by atoms with Crippen LogP contribution in [0.1, 0.15) is 30.4 Å². The fraction of sp³-hybridized carbons (Fsp3) is 0.400. The summed E-state index contributed by atoms with van der Waals surface area (Å²) < 4.78 is 32.5. The lowest BCUT2D eigenvalue weighted by Gasteiger charge is -2.26. The van der Waals surface area contributed by atoms with Crippen LogP contribution in [0.4, 0.5) is 0 Å². The highest BCUT2D eigenvalue weighted by molar-refractivity contribution is 7.89. The molecule has 3 rings (SSSR count). The summed E-state index contributed by atoms with van der Waals surface area (Å²) in [5.41, 5.74) is 2.22. The summed E-state index contributed by atoms with van der Waals surface area (Å²) in [7, 11) is -1.98. The van der Waals surface area contributed by atoms with Crippen molar-refractivity contribution in [1.82, 2.24) is 9.62 Å². The van der Waals surface area contributed by atoms with Crippen LogP contribution >= 0.6 is 0 Å². The number of rotatable bonds is 7. The molecule has 1 heterocycles. The van der Waals surface area contributed by atoms with Crippen LogP contribution in [0, 0.1) is 0 Å². The third kappa shape index (κ3) is 5.06. The Labute approximate surface area is 156 Å². The molecule has 0 aromatic heterocycles. The molecule has 1 aliphatic rings. The Balaban J connectivity index is 1.56. The fourth-order valence-electron chi connectivity index (χ4n) is 3.15. The topological polar surface area (TPSA) is 58.6 Å². The van der Waals surface area contributed by atoms with E-state index >= 15 is 0 Å². The summed E-state index contributed by atoms with van der Waals surface area (Å²) in [5.74, 6) is 0.633. The van der Waals surface area contributed by atoms with Gasteiger partial charge in [0.15, 0.2) is 0 Å². The van der Waals surface area contributed by atoms with Crippen LogP contribution in [-0.4, -0.2) is 33.5 Å². The minimum absolute atomic E-state index is 0.236. The number of likely N-dealkylation sites (tertiary alicyclic amines) is 1. The number of hydrogen-bond donors (Lipinski definition) is 1. The number of nitrogens with one attached hydrogen (secondary N) is 1. The van der Waals surface area contributed by atoms with Crippen molar-refractivity contribution in [2.45, 2.75) is 37.2 Å². The predicted octanol–water partition coefficient (Wildman–Crippen LogP) is 3.16. The second-order valence-electron chi connectivity index (χ2n) is 6.65. The van der Waals surface area contributed by atoms with Gasteiger partial charge in [0.2, 0.25) is 10.0 Å². The van der Waals surface area contributed by atoms with Gasteiger partial charge in [0.05, 0.1) is 12.0 Å². The maximum absolute atomic E-state index is 12.4. The Bertz CT molecular complexity index is 796. The van der Waals surface area contributed by atoms with Gasteiger partial charge in [-0.2, -0.15) is 0 Å². The summed E-state index contributed by atoms with van der Waals surface area (Å²) >= 11 is 0. The summed E-state index contributed by atoms with van der Waals surface area (Å²) in [5, 5.41) is 0. The molecule has 1 fully saturated rings. The molecule has 0 spiro atoms. The van der Waals surface area contributed by atoms with Crippen LogP contribution in [-0.2, 0) is 23.1 Å². The Morgan fingerprint density at radius 2 is 1.54 bits per heavy atom. The van der Waals surface area contributed by atoms with Gasteiger partial charge in [-0.05, 0) is 61.3 Å². The Kier molecular flexibility index (Phi) is 6.29.